The molecule has 8 rings (SSSR count). The molecule has 6 aromatic rings. The van der Waals surface area contributed by atoms with Gasteiger partial charge in [-0.25, -0.2) is 0 Å². The molecule has 0 spiro atoms. The summed E-state index contributed by atoms with van der Waals surface area (Å²) in [7, 11) is 0. The van der Waals surface area contributed by atoms with Gasteiger partial charge in [0.1, 0.15) is 0 Å². The minimum absolute atomic E-state index is 0.169. The van der Waals surface area contributed by atoms with Crippen molar-refractivity contribution in [2.45, 2.75) is 0 Å². The Hall–Kier alpha value is -3.30. The van der Waals surface area contributed by atoms with Crippen LogP contribution < -0.4 is 10.6 Å². The molecular formula is C26H12N2O2S4. The van der Waals surface area contributed by atoms with E-state index in [1.165, 1.54) is 20.2 Å². The van der Waals surface area contributed by atoms with Crippen molar-refractivity contribution >= 4 is 109 Å². The average molecular weight is 513 g/mol. The summed E-state index contributed by atoms with van der Waals surface area (Å²) >= 11 is 6.59. The molecule has 0 saturated heterocycles. The van der Waals surface area contributed by atoms with Crippen LogP contribution in [0.4, 0.5) is 0 Å². The van der Waals surface area contributed by atoms with Crippen LogP contribution in [-0.2, 0) is 9.59 Å². The topological polar surface area (TPSA) is 58.2 Å². The summed E-state index contributed by atoms with van der Waals surface area (Å²) < 4.78 is 4.72. The molecule has 8 heteroatoms. The van der Waals surface area contributed by atoms with Crippen LogP contribution in [0.25, 0.3) is 51.5 Å². The maximum Gasteiger partial charge on any atom is 0.259 e. The van der Waals surface area contributed by atoms with E-state index in [1.54, 1.807) is 45.3 Å². The molecule has 2 amide bonds. The zero-order chi connectivity index (χ0) is 22.6. The quantitative estimate of drug-likeness (QED) is 0.264. The lowest BCUT2D eigenvalue weighted by atomic mass is 10.1. The van der Waals surface area contributed by atoms with Gasteiger partial charge >= 0.3 is 0 Å². The second kappa shape index (κ2) is 6.64. The van der Waals surface area contributed by atoms with Crippen molar-refractivity contribution in [3.63, 3.8) is 0 Å². The molecule has 162 valence electrons. The predicted octanol–water partition coefficient (Wildman–Crippen LogP) is 6.93. The van der Waals surface area contributed by atoms with Gasteiger partial charge in [-0.15, -0.1) is 45.3 Å². The summed E-state index contributed by atoms with van der Waals surface area (Å²) in [6.45, 7) is 0. The van der Waals surface area contributed by atoms with E-state index in [1.807, 2.05) is 0 Å². The van der Waals surface area contributed by atoms with Gasteiger partial charge in [0.25, 0.3) is 11.8 Å². The summed E-state index contributed by atoms with van der Waals surface area (Å²) in [4.78, 5) is 27.9. The molecule has 0 unspecified atom stereocenters. The Balaban J connectivity index is 1.30. The van der Waals surface area contributed by atoms with E-state index in [0.29, 0.717) is 22.5 Å². The standard InChI is InChI=1S/C26H12N2O2S4/c29-25-21(19-9-13-7-15-11(1-3-31-15)5-17(13)33-19)23-24(28-25)22(26(30)27-23)20-10-14-8-16-12(2-4-32-16)6-18(14)34-20/h1-10H,(H,27,30)(H,28,29). The van der Waals surface area contributed by atoms with Crippen molar-refractivity contribution in [3.8, 4) is 0 Å². The predicted molar refractivity (Wildman–Crippen MR) is 145 cm³/mol. The fourth-order valence-corrected chi connectivity index (χ4v) is 8.71. The van der Waals surface area contributed by atoms with Gasteiger partial charge in [0.05, 0.1) is 22.5 Å². The number of nitrogens with one attached hydrogen (secondary N) is 2. The third kappa shape index (κ3) is 2.56. The maximum absolute atomic E-state index is 13.1. The van der Waals surface area contributed by atoms with Crippen molar-refractivity contribution in [1.82, 2.24) is 10.6 Å². The molecule has 0 bridgehead atoms. The molecule has 0 aliphatic carbocycles. The van der Waals surface area contributed by atoms with Crippen molar-refractivity contribution < 1.29 is 9.59 Å². The molecule has 6 heterocycles. The molecule has 34 heavy (non-hydrogen) atoms. The van der Waals surface area contributed by atoms with Gasteiger partial charge in [-0.3, -0.25) is 9.59 Å². The van der Waals surface area contributed by atoms with Crippen molar-refractivity contribution in [2.75, 3.05) is 0 Å². The van der Waals surface area contributed by atoms with Gasteiger partial charge in [-0.1, -0.05) is 0 Å². The molecule has 0 fully saturated rings. The second-order valence-corrected chi connectivity index (χ2v) is 12.4. The molecule has 0 radical (unpaired) electrons. The van der Waals surface area contributed by atoms with E-state index < -0.39 is 0 Å². The number of benzene rings is 2. The summed E-state index contributed by atoms with van der Waals surface area (Å²) in [5.74, 6) is -0.338. The Morgan fingerprint density at radius 3 is 1.44 bits per heavy atom. The van der Waals surface area contributed by atoms with Crippen LogP contribution in [0, 0.1) is 0 Å². The Bertz CT molecular complexity index is 1720. The lowest BCUT2D eigenvalue weighted by Gasteiger charge is -2.01. The number of rotatable bonds is 2. The first kappa shape index (κ1) is 19.1. The molecule has 0 saturated carbocycles. The fourth-order valence-electron chi connectivity index (χ4n) is 4.79. The third-order valence-electron chi connectivity index (χ3n) is 6.36. The molecule has 4 nitrogen and oxygen atoms in total. The van der Waals surface area contributed by atoms with Gasteiger partial charge in [0.15, 0.2) is 0 Å². The zero-order valence-corrected chi connectivity index (χ0v) is 20.5. The Labute approximate surface area is 208 Å². The van der Waals surface area contributed by atoms with E-state index in [9.17, 15) is 9.59 Å². The van der Waals surface area contributed by atoms with Crippen LogP contribution in [0.5, 0.6) is 0 Å². The van der Waals surface area contributed by atoms with Crippen LogP contribution in [0.15, 0.2) is 70.7 Å². The number of thiophene rings is 4. The lowest BCUT2D eigenvalue weighted by Crippen LogP contribution is -2.19. The van der Waals surface area contributed by atoms with Crippen LogP contribution in [0.2, 0.25) is 0 Å². The first-order valence-electron chi connectivity index (χ1n) is 10.6. The highest BCUT2D eigenvalue weighted by molar-refractivity contribution is 7.21. The number of carbonyl (C=O) groups is 2. The third-order valence-corrected chi connectivity index (χ3v) is 10.3. The molecule has 2 N–H and O–H groups in total. The highest BCUT2D eigenvalue weighted by Crippen LogP contribution is 2.43. The Morgan fingerprint density at radius 1 is 0.529 bits per heavy atom. The summed E-state index contributed by atoms with van der Waals surface area (Å²) in [5.41, 5.74) is 2.28. The maximum atomic E-state index is 13.1. The highest BCUT2D eigenvalue weighted by atomic mass is 32.1. The normalized spacial score (nSPS) is 16.0. The molecule has 2 aliphatic rings. The molecule has 4 aromatic heterocycles. The van der Waals surface area contributed by atoms with E-state index in [-0.39, 0.29) is 11.8 Å². The largest absolute Gasteiger partial charge is 0.319 e. The van der Waals surface area contributed by atoms with Gasteiger partial charge < -0.3 is 10.6 Å². The van der Waals surface area contributed by atoms with Crippen molar-refractivity contribution in [1.29, 1.82) is 0 Å². The number of fused-ring (bicyclic) bond motifs is 5. The van der Waals surface area contributed by atoms with Gasteiger partial charge in [-0.05, 0) is 80.8 Å². The van der Waals surface area contributed by atoms with Crippen molar-refractivity contribution in [2.24, 2.45) is 0 Å². The first-order chi connectivity index (χ1) is 16.6. The molecule has 0 atom stereocenters. The zero-order valence-electron chi connectivity index (χ0n) is 17.2. The number of amides is 2. The lowest BCUT2D eigenvalue weighted by molar-refractivity contribution is -0.114. The van der Waals surface area contributed by atoms with Gasteiger partial charge in [-0.2, -0.15) is 0 Å². The van der Waals surface area contributed by atoms with Gasteiger partial charge in [0.2, 0.25) is 0 Å². The molecule has 2 aliphatic heterocycles. The van der Waals surface area contributed by atoms with Crippen LogP contribution in [0.1, 0.15) is 9.75 Å². The number of hydrogen-bond acceptors (Lipinski definition) is 6. The van der Waals surface area contributed by atoms with E-state index in [4.69, 9.17) is 0 Å². The monoisotopic (exact) mass is 512 g/mol. The van der Waals surface area contributed by atoms with E-state index in [0.717, 1.165) is 29.9 Å². The van der Waals surface area contributed by atoms with Crippen LogP contribution in [-0.4, -0.2) is 11.8 Å². The average Bonchev–Trinajstić information content (AvgIpc) is 3.61. The number of carbonyl (C=O) groups excluding carboxylic acids is 2. The fraction of sp³-hybridized carbons (Fsp3) is 0. The van der Waals surface area contributed by atoms with Gasteiger partial charge in [0, 0.05) is 28.6 Å². The second-order valence-electron chi connectivity index (χ2n) is 8.33. The molecule has 2 aromatic carbocycles. The molecular weight excluding hydrogens is 501 g/mol. The summed E-state index contributed by atoms with van der Waals surface area (Å²) in [6.07, 6.45) is 0. The van der Waals surface area contributed by atoms with Crippen LogP contribution >= 0.6 is 45.3 Å². The van der Waals surface area contributed by atoms with Crippen LogP contribution in [0.3, 0.4) is 0 Å². The first-order valence-corrected chi connectivity index (χ1v) is 14.0. The Morgan fingerprint density at radius 2 is 0.971 bits per heavy atom. The van der Waals surface area contributed by atoms with E-state index >= 15 is 0 Å². The van der Waals surface area contributed by atoms with Crippen molar-refractivity contribution in [3.05, 3.63) is 80.4 Å². The minimum atomic E-state index is -0.169. The number of hydrogen-bond donors (Lipinski definition) is 2. The summed E-state index contributed by atoms with van der Waals surface area (Å²) in [6, 6.07) is 17.0. The minimum Gasteiger partial charge on any atom is -0.319 e. The summed E-state index contributed by atoms with van der Waals surface area (Å²) in [5, 5.41) is 14.8. The highest BCUT2D eigenvalue weighted by Gasteiger charge is 2.40. The Kier molecular flexibility index (Phi) is 3.72. The smallest absolute Gasteiger partial charge is 0.259 e. The SMILES string of the molecule is O=C1NC2=C(c3cc4cc5sccc5cc4s3)C(=O)NC2=C1c1cc2cc3sccc3cc2s1. The van der Waals surface area contributed by atoms with E-state index in [2.05, 4.69) is 69.9 Å².